The van der Waals surface area contributed by atoms with Crippen molar-refractivity contribution in [1.82, 2.24) is 0 Å². The summed E-state index contributed by atoms with van der Waals surface area (Å²) in [6, 6.07) is 5.63. The number of hydrogen-bond acceptors (Lipinski definition) is 3. The lowest BCUT2D eigenvalue weighted by Gasteiger charge is -2.12. The van der Waals surface area contributed by atoms with Crippen molar-refractivity contribution >= 4 is 11.5 Å². The highest BCUT2D eigenvalue weighted by atomic mass is 16.5. The molecule has 0 amide bonds. The van der Waals surface area contributed by atoms with E-state index in [0.717, 1.165) is 5.69 Å². The van der Waals surface area contributed by atoms with Crippen LogP contribution in [0.25, 0.3) is 0 Å². The van der Waals surface area contributed by atoms with Gasteiger partial charge in [0.2, 0.25) is 5.78 Å². The van der Waals surface area contributed by atoms with Gasteiger partial charge in [0.25, 0.3) is 0 Å². The zero-order chi connectivity index (χ0) is 9.42. The molecule has 0 fully saturated rings. The second-order valence-electron chi connectivity index (χ2n) is 3.29. The summed E-state index contributed by atoms with van der Waals surface area (Å²) in [5.74, 6) is 0.775. The number of anilines is 1. The third-order valence-corrected chi connectivity index (χ3v) is 2.14. The Morgan fingerprint density at radius 1 is 1.38 bits per heavy atom. The molecule has 0 saturated heterocycles. The van der Waals surface area contributed by atoms with Crippen molar-refractivity contribution in [1.29, 1.82) is 0 Å². The maximum absolute atomic E-state index is 11.2. The van der Waals surface area contributed by atoms with E-state index in [1.165, 1.54) is 0 Å². The van der Waals surface area contributed by atoms with E-state index in [1.54, 1.807) is 0 Å². The van der Waals surface area contributed by atoms with Crippen molar-refractivity contribution in [3.05, 3.63) is 23.8 Å². The lowest BCUT2D eigenvalue weighted by atomic mass is 10.1. The van der Waals surface area contributed by atoms with Gasteiger partial charge < -0.3 is 9.64 Å². The van der Waals surface area contributed by atoms with Crippen molar-refractivity contribution in [2.45, 2.75) is 0 Å². The molecular weight excluding hydrogens is 166 g/mol. The lowest BCUT2D eigenvalue weighted by molar-refractivity contribution is 0.0961. The van der Waals surface area contributed by atoms with Crippen LogP contribution < -0.4 is 9.64 Å². The molecule has 3 nitrogen and oxygen atoms in total. The molecule has 0 spiro atoms. The molecule has 0 unspecified atom stereocenters. The van der Waals surface area contributed by atoms with Gasteiger partial charge in [-0.25, -0.2) is 0 Å². The number of benzene rings is 1. The fourth-order valence-corrected chi connectivity index (χ4v) is 1.36. The van der Waals surface area contributed by atoms with Gasteiger partial charge in [-0.3, -0.25) is 4.79 Å². The number of ketones is 1. The molecule has 0 bridgehead atoms. The Balaban J connectivity index is 2.45. The quantitative estimate of drug-likeness (QED) is 0.648. The van der Waals surface area contributed by atoms with Crippen LogP contribution in [0.1, 0.15) is 10.4 Å². The molecular formula is C10H11NO2. The molecule has 68 valence electrons. The summed E-state index contributed by atoms with van der Waals surface area (Å²) in [4.78, 5) is 13.2. The van der Waals surface area contributed by atoms with Crippen LogP contribution in [0.3, 0.4) is 0 Å². The number of rotatable bonds is 1. The highest BCUT2D eigenvalue weighted by Gasteiger charge is 2.20. The Morgan fingerprint density at radius 2 is 2.15 bits per heavy atom. The molecule has 1 aliphatic heterocycles. The first kappa shape index (κ1) is 8.10. The van der Waals surface area contributed by atoms with Gasteiger partial charge in [-0.05, 0) is 12.1 Å². The minimum absolute atomic E-state index is 0.0697. The fraction of sp³-hybridized carbons (Fsp3) is 0.300. The van der Waals surface area contributed by atoms with E-state index in [1.807, 2.05) is 37.2 Å². The van der Waals surface area contributed by atoms with Crippen LogP contribution in [0, 0.1) is 0 Å². The van der Waals surface area contributed by atoms with Crippen molar-refractivity contribution in [2.75, 3.05) is 25.6 Å². The Morgan fingerprint density at radius 3 is 2.85 bits per heavy atom. The van der Waals surface area contributed by atoms with Gasteiger partial charge >= 0.3 is 0 Å². The third kappa shape index (κ3) is 1.26. The van der Waals surface area contributed by atoms with Crippen molar-refractivity contribution in [2.24, 2.45) is 0 Å². The molecule has 1 aliphatic rings. The van der Waals surface area contributed by atoms with Crippen molar-refractivity contribution in [3.8, 4) is 5.75 Å². The van der Waals surface area contributed by atoms with Gasteiger partial charge in [-0.2, -0.15) is 0 Å². The smallest absolute Gasteiger partial charge is 0.203 e. The molecule has 0 aromatic heterocycles. The van der Waals surface area contributed by atoms with E-state index < -0.39 is 0 Å². The first-order valence-electron chi connectivity index (χ1n) is 4.16. The van der Waals surface area contributed by atoms with Crippen molar-refractivity contribution in [3.63, 3.8) is 0 Å². The molecule has 1 aromatic rings. The number of ether oxygens (including phenoxy) is 1. The molecule has 0 radical (unpaired) electrons. The Labute approximate surface area is 76.9 Å². The van der Waals surface area contributed by atoms with E-state index >= 15 is 0 Å². The standard InChI is InChI=1S/C10H11NO2/c1-11(2)7-3-4-8-9(12)6-13-10(8)5-7/h3-5H,6H2,1-2H3. The summed E-state index contributed by atoms with van der Waals surface area (Å²) in [7, 11) is 3.91. The van der Waals surface area contributed by atoms with Crippen molar-refractivity contribution < 1.29 is 9.53 Å². The van der Waals surface area contributed by atoms with Crippen LogP contribution in [-0.4, -0.2) is 26.5 Å². The monoisotopic (exact) mass is 177 g/mol. The largest absolute Gasteiger partial charge is 0.485 e. The molecule has 0 atom stereocenters. The second kappa shape index (κ2) is 2.76. The van der Waals surface area contributed by atoms with Gasteiger partial charge in [0.1, 0.15) is 5.75 Å². The van der Waals surface area contributed by atoms with Crippen LogP contribution in [-0.2, 0) is 0 Å². The predicted molar refractivity (Wildman–Crippen MR) is 50.6 cm³/mol. The maximum atomic E-state index is 11.2. The number of fused-ring (bicyclic) bond motifs is 1. The van der Waals surface area contributed by atoms with Gasteiger partial charge in [-0.15, -0.1) is 0 Å². The molecule has 3 heteroatoms. The molecule has 2 rings (SSSR count). The summed E-state index contributed by atoms with van der Waals surface area (Å²) < 4.78 is 5.23. The van der Waals surface area contributed by atoms with Crippen LogP contribution in [0.2, 0.25) is 0 Å². The average molecular weight is 177 g/mol. The summed E-state index contributed by atoms with van der Waals surface area (Å²) >= 11 is 0. The average Bonchev–Trinajstić information content (AvgIpc) is 2.47. The minimum atomic E-state index is 0.0697. The van der Waals surface area contributed by atoms with Crippen LogP contribution in [0.5, 0.6) is 5.75 Å². The minimum Gasteiger partial charge on any atom is -0.485 e. The molecule has 0 saturated carbocycles. The zero-order valence-electron chi connectivity index (χ0n) is 7.70. The van der Waals surface area contributed by atoms with E-state index in [0.29, 0.717) is 11.3 Å². The number of hydrogen-bond donors (Lipinski definition) is 0. The topological polar surface area (TPSA) is 29.5 Å². The summed E-state index contributed by atoms with van der Waals surface area (Å²) in [5, 5.41) is 0. The SMILES string of the molecule is CN(C)c1ccc2c(c1)OCC2=O. The molecule has 0 N–H and O–H groups in total. The number of carbonyl (C=O) groups excluding carboxylic acids is 1. The lowest BCUT2D eigenvalue weighted by Crippen LogP contribution is -2.08. The Bertz CT molecular complexity index is 358. The fourth-order valence-electron chi connectivity index (χ4n) is 1.36. The summed E-state index contributed by atoms with van der Waals surface area (Å²) in [5.41, 5.74) is 1.75. The predicted octanol–water partition coefficient (Wildman–Crippen LogP) is 1.33. The van der Waals surface area contributed by atoms with E-state index in [-0.39, 0.29) is 12.4 Å². The summed E-state index contributed by atoms with van der Waals surface area (Å²) in [6.07, 6.45) is 0. The van der Waals surface area contributed by atoms with Crippen LogP contribution >= 0.6 is 0 Å². The third-order valence-electron chi connectivity index (χ3n) is 2.14. The van der Waals surface area contributed by atoms with Gasteiger partial charge in [0.05, 0.1) is 5.56 Å². The molecule has 0 aliphatic carbocycles. The molecule has 13 heavy (non-hydrogen) atoms. The first-order chi connectivity index (χ1) is 6.18. The second-order valence-corrected chi connectivity index (χ2v) is 3.29. The Hall–Kier alpha value is -1.51. The number of Topliss-reactive ketones (excluding diaryl/α,β-unsaturated/α-hetero) is 1. The zero-order valence-corrected chi connectivity index (χ0v) is 7.70. The number of carbonyl (C=O) groups is 1. The maximum Gasteiger partial charge on any atom is 0.203 e. The Kier molecular flexibility index (Phi) is 1.72. The van der Waals surface area contributed by atoms with Crippen LogP contribution in [0.4, 0.5) is 5.69 Å². The van der Waals surface area contributed by atoms with Gasteiger partial charge in [0, 0.05) is 25.8 Å². The van der Waals surface area contributed by atoms with Crippen LogP contribution in [0.15, 0.2) is 18.2 Å². The highest BCUT2D eigenvalue weighted by Crippen LogP contribution is 2.29. The highest BCUT2D eigenvalue weighted by molar-refractivity contribution is 6.02. The molecule has 1 aromatic carbocycles. The molecule has 1 heterocycles. The van der Waals surface area contributed by atoms with E-state index in [4.69, 9.17) is 4.74 Å². The summed E-state index contributed by atoms with van der Waals surface area (Å²) in [6.45, 7) is 0.187. The first-order valence-corrected chi connectivity index (χ1v) is 4.16. The van der Waals surface area contributed by atoms with Gasteiger partial charge in [0.15, 0.2) is 6.61 Å². The normalized spacial score (nSPS) is 13.8. The van der Waals surface area contributed by atoms with E-state index in [2.05, 4.69) is 0 Å². The number of nitrogens with zero attached hydrogens (tertiary/aromatic N) is 1. The van der Waals surface area contributed by atoms with Gasteiger partial charge in [-0.1, -0.05) is 0 Å². The van der Waals surface area contributed by atoms with E-state index in [9.17, 15) is 4.79 Å².